The number of rotatable bonds is 5. The number of benzene rings is 2. The van der Waals surface area contributed by atoms with E-state index in [-0.39, 0.29) is 18.6 Å². The van der Waals surface area contributed by atoms with Gasteiger partial charge in [-0.1, -0.05) is 36.4 Å². The van der Waals surface area contributed by atoms with Crippen LogP contribution < -0.4 is 15.8 Å². The summed E-state index contributed by atoms with van der Waals surface area (Å²) in [6, 6.07) is 16.1. The fourth-order valence-corrected chi connectivity index (χ4v) is 2.85. The third-order valence-electron chi connectivity index (χ3n) is 4.15. The molecule has 120 valence electrons. The minimum atomic E-state index is -0.122. The van der Waals surface area contributed by atoms with Crippen LogP contribution in [0, 0.1) is 0 Å². The Kier molecular flexibility index (Phi) is 4.93. The van der Waals surface area contributed by atoms with Gasteiger partial charge in [0.25, 0.3) is 5.91 Å². The first-order chi connectivity index (χ1) is 11.2. The lowest BCUT2D eigenvalue weighted by molar-refractivity contribution is -0.123. The molecule has 2 aromatic carbocycles. The summed E-state index contributed by atoms with van der Waals surface area (Å²) >= 11 is 0. The molecule has 1 amide bonds. The Hall–Kier alpha value is -2.33. The zero-order valence-corrected chi connectivity index (χ0v) is 13.1. The lowest BCUT2D eigenvalue weighted by Gasteiger charge is -2.21. The van der Waals surface area contributed by atoms with Crippen molar-refractivity contribution in [2.45, 2.75) is 31.8 Å². The van der Waals surface area contributed by atoms with E-state index in [1.54, 1.807) is 0 Å². The zero-order valence-electron chi connectivity index (χ0n) is 13.1. The van der Waals surface area contributed by atoms with Crippen molar-refractivity contribution in [3.63, 3.8) is 0 Å². The highest BCUT2D eigenvalue weighted by molar-refractivity contribution is 5.77. The average molecular weight is 310 g/mol. The van der Waals surface area contributed by atoms with Crippen molar-refractivity contribution in [3.8, 4) is 5.75 Å². The van der Waals surface area contributed by atoms with Gasteiger partial charge in [0.1, 0.15) is 5.75 Å². The highest BCUT2D eigenvalue weighted by atomic mass is 16.5. The van der Waals surface area contributed by atoms with Gasteiger partial charge in [-0.25, -0.2) is 0 Å². The van der Waals surface area contributed by atoms with Gasteiger partial charge in [0.15, 0.2) is 6.61 Å². The predicted octanol–water partition coefficient (Wildman–Crippen LogP) is 2.20. The molecule has 1 atom stereocenters. The number of fused-ring (bicyclic) bond motifs is 1. The van der Waals surface area contributed by atoms with Gasteiger partial charge in [-0.15, -0.1) is 0 Å². The van der Waals surface area contributed by atoms with Gasteiger partial charge < -0.3 is 15.8 Å². The summed E-state index contributed by atoms with van der Waals surface area (Å²) < 4.78 is 5.60. The Labute approximate surface area is 136 Å². The van der Waals surface area contributed by atoms with Crippen LogP contribution in [0.1, 0.15) is 23.1 Å². The van der Waals surface area contributed by atoms with Gasteiger partial charge in [-0.05, 0) is 48.1 Å². The summed E-state index contributed by atoms with van der Waals surface area (Å²) in [6.45, 7) is 0.541. The van der Waals surface area contributed by atoms with Crippen molar-refractivity contribution in [2.24, 2.45) is 5.73 Å². The second-order valence-electron chi connectivity index (χ2n) is 5.98. The van der Waals surface area contributed by atoms with Crippen LogP contribution in [0.25, 0.3) is 0 Å². The molecule has 0 aliphatic heterocycles. The molecule has 0 spiro atoms. The Bertz CT molecular complexity index is 670. The molecule has 23 heavy (non-hydrogen) atoms. The number of amides is 1. The molecular weight excluding hydrogens is 288 g/mol. The number of carbonyl (C=O) groups is 1. The third kappa shape index (κ3) is 4.33. The van der Waals surface area contributed by atoms with Crippen LogP contribution in [-0.2, 0) is 24.2 Å². The van der Waals surface area contributed by atoms with Crippen LogP contribution in [0.5, 0.6) is 5.75 Å². The number of hydrogen-bond donors (Lipinski definition) is 2. The molecule has 2 aromatic rings. The summed E-state index contributed by atoms with van der Waals surface area (Å²) in [7, 11) is 0. The van der Waals surface area contributed by atoms with Crippen molar-refractivity contribution < 1.29 is 9.53 Å². The summed E-state index contributed by atoms with van der Waals surface area (Å²) in [4.78, 5) is 11.9. The number of nitrogens with one attached hydrogen (secondary N) is 1. The van der Waals surface area contributed by atoms with Crippen LogP contribution >= 0.6 is 0 Å². The van der Waals surface area contributed by atoms with E-state index in [1.807, 2.05) is 42.5 Å². The standard InChI is InChI=1S/C19H22N2O2/c20-17-8-6-15-7-9-18(11-16(15)10-17)23-13-19(22)21-12-14-4-2-1-3-5-14/h1-5,7,9,11,17H,6,8,10,12-13,20H2,(H,21,22). The lowest BCUT2D eigenvalue weighted by atomic mass is 9.89. The zero-order chi connectivity index (χ0) is 16.1. The van der Waals surface area contributed by atoms with Crippen molar-refractivity contribution in [1.29, 1.82) is 0 Å². The maximum Gasteiger partial charge on any atom is 0.258 e. The molecule has 0 bridgehead atoms. The average Bonchev–Trinajstić information content (AvgIpc) is 2.58. The second-order valence-corrected chi connectivity index (χ2v) is 5.98. The van der Waals surface area contributed by atoms with Gasteiger partial charge in [0.05, 0.1) is 0 Å². The molecule has 1 aliphatic carbocycles. The van der Waals surface area contributed by atoms with E-state index < -0.39 is 0 Å². The minimum absolute atomic E-state index is 0.0255. The molecule has 0 aromatic heterocycles. The Balaban J connectivity index is 1.50. The number of carbonyl (C=O) groups excluding carboxylic acids is 1. The molecular formula is C19H22N2O2. The predicted molar refractivity (Wildman–Crippen MR) is 90.2 cm³/mol. The van der Waals surface area contributed by atoms with Crippen molar-refractivity contribution >= 4 is 5.91 Å². The van der Waals surface area contributed by atoms with Crippen LogP contribution in [-0.4, -0.2) is 18.6 Å². The van der Waals surface area contributed by atoms with Crippen LogP contribution in [0.4, 0.5) is 0 Å². The third-order valence-corrected chi connectivity index (χ3v) is 4.15. The van der Waals surface area contributed by atoms with Crippen molar-refractivity contribution in [3.05, 3.63) is 65.2 Å². The molecule has 0 heterocycles. The second kappa shape index (κ2) is 7.29. The molecule has 1 aliphatic rings. The van der Waals surface area contributed by atoms with Crippen LogP contribution in [0.15, 0.2) is 48.5 Å². The number of nitrogens with two attached hydrogens (primary N) is 1. The van der Waals surface area contributed by atoms with E-state index >= 15 is 0 Å². The molecule has 0 saturated carbocycles. The first-order valence-electron chi connectivity index (χ1n) is 8.01. The molecule has 0 radical (unpaired) electrons. The molecule has 3 N–H and O–H groups in total. The lowest BCUT2D eigenvalue weighted by Crippen LogP contribution is -2.29. The molecule has 4 nitrogen and oxygen atoms in total. The summed E-state index contributed by atoms with van der Waals surface area (Å²) in [5.41, 5.74) is 9.67. The Morgan fingerprint density at radius 3 is 2.83 bits per heavy atom. The fourth-order valence-electron chi connectivity index (χ4n) is 2.85. The molecule has 0 saturated heterocycles. The maximum absolute atomic E-state index is 11.9. The number of hydrogen-bond acceptors (Lipinski definition) is 3. The molecule has 1 unspecified atom stereocenters. The quantitative estimate of drug-likeness (QED) is 0.890. The van der Waals surface area contributed by atoms with E-state index in [0.29, 0.717) is 6.54 Å². The topological polar surface area (TPSA) is 64.3 Å². The largest absolute Gasteiger partial charge is 0.484 e. The normalized spacial score (nSPS) is 16.5. The van der Waals surface area contributed by atoms with Gasteiger partial charge in [-0.3, -0.25) is 4.79 Å². The monoisotopic (exact) mass is 310 g/mol. The molecule has 3 rings (SSSR count). The highest BCUT2D eigenvalue weighted by Gasteiger charge is 2.16. The Morgan fingerprint density at radius 1 is 1.17 bits per heavy atom. The molecule has 4 heteroatoms. The molecule has 0 fully saturated rings. The van der Waals surface area contributed by atoms with E-state index in [4.69, 9.17) is 10.5 Å². The summed E-state index contributed by atoms with van der Waals surface area (Å²) in [5.74, 6) is 0.607. The number of ether oxygens (including phenoxy) is 1. The fraction of sp³-hybridized carbons (Fsp3) is 0.316. The van der Waals surface area contributed by atoms with Gasteiger partial charge in [0.2, 0.25) is 0 Å². The number of aryl methyl sites for hydroxylation is 1. The van der Waals surface area contributed by atoms with Crippen molar-refractivity contribution in [2.75, 3.05) is 6.61 Å². The van der Waals surface area contributed by atoms with Crippen molar-refractivity contribution in [1.82, 2.24) is 5.32 Å². The van der Waals surface area contributed by atoms with Crippen LogP contribution in [0.2, 0.25) is 0 Å². The van der Waals surface area contributed by atoms with Crippen LogP contribution in [0.3, 0.4) is 0 Å². The first-order valence-corrected chi connectivity index (χ1v) is 8.01. The van der Waals surface area contributed by atoms with E-state index in [9.17, 15) is 4.79 Å². The minimum Gasteiger partial charge on any atom is -0.484 e. The summed E-state index contributed by atoms with van der Waals surface area (Å²) in [6.07, 6.45) is 2.94. The smallest absolute Gasteiger partial charge is 0.258 e. The first kappa shape index (κ1) is 15.6. The SMILES string of the molecule is NC1CCc2ccc(OCC(=O)NCc3ccccc3)cc2C1. The Morgan fingerprint density at radius 2 is 2.00 bits per heavy atom. The van der Waals surface area contributed by atoms with Gasteiger partial charge in [-0.2, -0.15) is 0 Å². The van der Waals surface area contributed by atoms with E-state index in [2.05, 4.69) is 11.4 Å². The van der Waals surface area contributed by atoms with Gasteiger partial charge in [0, 0.05) is 12.6 Å². The van der Waals surface area contributed by atoms with E-state index in [1.165, 1.54) is 11.1 Å². The highest BCUT2D eigenvalue weighted by Crippen LogP contribution is 2.24. The summed E-state index contributed by atoms with van der Waals surface area (Å²) in [5, 5.41) is 2.85. The maximum atomic E-state index is 11.9. The van der Waals surface area contributed by atoms with E-state index in [0.717, 1.165) is 30.6 Å². The van der Waals surface area contributed by atoms with Gasteiger partial charge >= 0.3 is 0 Å².